The molecule has 5 nitrogen and oxygen atoms in total. The van der Waals surface area contributed by atoms with Crippen LogP contribution in [0.1, 0.15) is 18.4 Å². The predicted octanol–water partition coefficient (Wildman–Crippen LogP) is 1.36. The Labute approximate surface area is 122 Å². The molecule has 0 radical (unpaired) electrons. The summed E-state index contributed by atoms with van der Waals surface area (Å²) in [5.74, 6) is -2.31. The van der Waals surface area contributed by atoms with Crippen molar-refractivity contribution in [2.45, 2.75) is 25.3 Å². The lowest BCUT2D eigenvalue weighted by Crippen LogP contribution is -2.48. The van der Waals surface area contributed by atoms with E-state index in [9.17, 15) is 19.1 Å². The van der Waals surface area contributed by atoms with Crippen LogP contribution in [0.25, 0.3) is 0 Å². The molecule has 1 aliphatic heterocycles. The number of hydrogen-bond donors (Lipinski definition) is 2. The fourth-order valence-electron chi connectivity index (χ4n) is 2.45. The number of nitrogens with one attached hydrogen (secondary N) is 1. The van der Waals surface area contributed by atoms with Gasteiger partial charge in [0.15, 0.2) is 0 Å². The van der Waals surface area contributed by atoms with Gasteiger partial charge < -0.3 is 15.2 Å². The lowest BCUT2D eigenvalue weighted by Gasteiger charge is -2.28. The summed E-state index contributed by atoms with van der Waals surface area (Å²) in [6.07, 6.45) is 1.29. The molecule has 1 saturated heterocycles. The Hall–Kier alpha value is -1.95. The minimum Gasteiger partial charge on any atom is -0.480 e. The highest BCUT2D eigenvalue weighted by molar-refractivity contribution is 5.85. The SMILES string of the molecule is O=C(Cc1ccccc1F)NC(C(=O)O)C1CCCOC1. The number of aliphatic carboxylic acids is 1. The van der Waals surface area contributed by atoms with Gasteiger partial charge in [0.1, 0.15) is 11.9 Å². The van der Waals surface area contributed by atoms with Crippen molar-refractivity contribution in [1.82, 2.24) is 5.32 Å². The van der Waals surface area contributed by atoms with E-state index in [1.54, 1.807) is 6.07 Å². The average molecular weight is 295 g/mol. The van der Waals surface area contributed by atoms with E-state index in [0.717, 1.165) is 6.42 Å². The summed E-state index contributed by atoms with van der Waals surface area (Å²) in [6, 6.07) is 4.95. The van der Waals surface area contributed by atoms with Gasteiger partial charge in [-0.05, 0) is 24.5 Å². The van der Waals surface area contributed by atoms with Crippen LogP contribution in [0.2, 0.25) is 0 Å². The monoisotopic (exact) mass is 295 g/mol. The fourth-order valence-corrected chi connectivity index (χ4v) is 2.45. The number of carboxylic acid groups (broad SMARTS) is 1. The van der Waals surface area contributed by atoms with Crippen LogP contribution in [0.5, 0.6) is 0 Å². The zero-order chi connectivity index (χ0) is 15.2. The van der Waals surface area contributed by atoms with Crippen LogP contribution in [0.3, 0.4) is 0 Å². The fraction of sp³-hybridized carbons (Fsp3) is 0.467. The molecule has 0 saturated carbocycles. The number of amides is 1. The minimum absolute atomic E-state index is 0.177. The molecule has 0 aliphatic carbocycles. The average Bonchev–Trinajstić information content (AvgIpc) is 2.48. The molecule has 1 aromatic rings. The number of carbonyl (C=O) groups is 2. The van der Waals surface area contributed by atoms with Gasteiger partial charge in [0, 0.05) is 12.5 Å². The van der Waals surface area contributed by atoms with Crippen molar-refractivity contribution >= 4 is 11.9 Å². The second kappa shape index (κ2) is 7.17. The molecule has 1 amide bonds. The third kappa shape index (κ3) is 4.26. The summed E-state index contributed by atoms with van der Waals surface area (Å²) >= 11 is 0. The highest BCUT2D eigenvalue weighted by Gasteiger charge is 2.31. The summed E-state index contributed by atoms with van der Waals surface area (Å²) in [7, 11) is 0. The molecular weight excluding hydrogens is 277 g/mol. The van der Waals surface area contributed by atoms with Crippen LogP contribution in [0.4, 0.5) is 4.39 Å². The normalized spacial score (nSPS) is 19.8. The Morgan fingerprint density at radius 3 is 2.81 bits per heavy atom. The van der Waals surface area contributed by atoms with Gasteiger partial charge in [-0.25, -0.2) is 9.18 Å². The zero-order valence-electron chi connectivity index (χ0n) is 11.5. The van der Waals surface area contributed by atoms with Crippen molar-refractivity contribution < 1.29 is 23.8 Å². The predicted molar refractivity (Wildman–Crippen MR) is 73.2 cm³/mol. The van der Waals surface area contributed by atoms with Crippen LogP contribution in [-0.4, -0.2) is 36.2 Å². The molecule has 2 atom stereocenters. The molecule has 1 aromatic carbocycles. The van der Waals surface area contributed by atoms with Gasteiger partial charge in [0.05, 0.1) is 13.0 Å². The zero-order valence-corrected chi connectivity index (χ0v) is 11.5. The van der Waals surface area contributed by atoms with E-state index >= 15 is 0 Å². The number of rotatable bonds is 5. The molecule has 1 aliphatic rings. The number of carboxylic acids is 1. The maximum atomic E-state index is 13.5. The first-order valence-electron chi connectivity index (χ1n) is 6.91. The van der Waals surface area contributed by atoms with Crippen LogP contribution >= 0.6 is 0 Å². The number of ether oxygens (including phenoxy) is 1. The summed E-state index contributed by atoms with van der Waals surface area (Å²) in [5.41, 5.74) is 0.249. The second-order valence-corrected chi connectivity index (χ2v) is 5.13. The van der Waals surface area contributed by atoms with Gasteiger partial charge >= 0.3 is 5.97 Å². The van der Waals surface area contributed by atoms with Crippen molar-refractivity contribution in [3.8, 4) is 0 Å². The van der Waals surface area contributed by atoms with E-state index in [0.29, 0.717) is 19.6 Å². The maximum Gasteiger partial charge on any atom is 0.326 e. The maximum absolute atomic E-state index is 13.5. The van der Waals surface area contributed by atoms with Gasteiger partial charge in [0.25, 0.3) is 0 Å². The summed E-state index contributed by atoms with van der Waals surface area (Å²) in [6.45, 7) is 0.933. The number of halogens is 1. The molecule has 2 N–H and O–H groups in total. The minimum atomic E-state index is -1.09. The first-order chi connectivity index (χ1) is 10.1. The Balaban J connectivity index is 1.98. The number of benzene rings is 1. The third-order valence-corrected chi connectivity index (χ3v) is 3.56. The van der Waals surface area contributed by atoms with E-state index in [-0.39, 0.29) is 17.9 Å². The van der Waals surface area contributed by atoms with Crippen molar-refractivity contribution in [1.29, 1.82) is 0 Å². The summed E-state index contributed by atoms with van der Waals surface area (Å²) in [4.78, 5) is 23.2. The number of hydrogen-bond acceptors (Lipinski definition) is 3. The smallest absolute Gasteiger partial charge is 0.326 e. The van der Waals surface area contributed by atoms with Crippen LogP contribution in [0.15, 0.2) is 24.3 Å². The lowest BCUT2D eigenvalue weighted by molar-refractivity contribution is -0.145. The summed E-state index contributed by atoms with van der Waals surface area (Å²) in [5, 5.41) is 11.7. The van der Waals surface area contributed by atoms with Crippen LogP contribution < -0.4 is 5.32 Å². The van der Waals surface area contributed by atoms with E-state index in [1.165, 1.54) is 18.2 Å². The van der Waals surface area contributed by atoms with E-state index in [4.69, 9.17) is 4.74 Å². The third-order valence-electron chi connectivity index (χ3n) is 3.56. The second-order valence-electron chi connectivity index (χ2n) is 5.13. The molecular formula is C15H18FNO4. The molecule has 1 heterocycles. The number of carbonyl (C=O) groups excluding carboxylic acids is 1. The molecule has 0 aromatic heterocycles. The van der Waals surface area contributed by atoms with Gasteiger partial charge in [-0.15, -0.1) is 0 Å². The summed E-state index contributed by atoms with van der Waals surface area (Å²) < 4.78 is 18.7. The molecule has 0 spiro atoms. The van der Waals surface area contributed by atoms with E-state index in [2.05, 4.69) is 5.32 Å². The highest BCUT2D eigenvalue weighted by atomic mass is 19.1. The topological polar surface area (TPSA) is 75.6 Å². The Morgan fingerprint density at radius 1 is 1.43 bits per heavy atom. The molecule has 2 rings (SSSR count). The molecule has 6 heteroatoms. The lowest BCUT2D eigenvalue weighted by atomic mass is 9.93. The van der Waals surface area contributed by atoms with E-state index in [1.807, 2.05) is 0 Å². The quantitative estimate of drug-likeness (QED) is 0.860. The molecule has 21 heavy (non-hydrogen) atoms. The Kier molecular flexibility index (Phi) is 5.27. The van der Waals surface area contributed by atoms with Crippen molar-refractivity contribution in [3.63, 3.8) is 0 Å². The van der Waals surface area contributed by atoms with Crippen molar-refractivity contribution in [2.75, 3.05) is 13.2 Å². The van der Waals surface area contributed by atoms with Crippen LogP contribution in [0, 0.1) is 11.7 Å². The van der Waals surface area contributed by atoms with Gasteiger partial charge in [-0.2, -0.15) is 0 Å². The molecule has 0 bridgehead atoms. The first kappa shape index (κ1) is 15.4. The van der Waals surface area contributed by atoms with E-state index < -0.39 is 23.7 Å². The van der Waals surface area contributed by atoms with Gasteiger partial charge in [0.2, 0.25) is 5.91 Å². The Morgan fingerprint density at radius 2 is 2.19 bits per heavy atom. The van der Waals surface area contributed by atoms with Crippen LogP contribution in [-0.2, 0) is 20.7 Å². The largest absolute Gasteiger partial charge is 0.480 e. The first-order valence-corrected chi connectivity index (χ1v) is 6.91. The molecule has 2 unspecified atom stereocenters. The van der Waals surface area contributed by atoms with Gasteiger partial charge in [-0.1, -0.05) is 18.2 Å². The standard InChI is InChI=1S/C15H18FNO4/c16-12-6-2-1-4-10(12)8-13(18)17-14(15(19)20)11-5-3-7-21-9-11/h1-2,4,6,11,14H,3,5,7-9H2,(H,17,18)(H,19,20). The van der Waals surface area contributed by atoms with Gasteiger partial charge in [-0.3, -0.25) is 4.79 Å². The Bertz CT molecular complexity index is 514. The van der Waals surface area contributed by atoms with Crippen molar-refractivity contribution in [2.24, 2.45) is 5.92 Å². The highest BCUT2D eigenvalue weighted by Crippen LogP contribution is 2.18. The molecule has 114 valence electrons. The molecule has 1 fully saturated rings. The van der Waals surface area contributed by atoms with Crippen molar-refractivity contribution in [3.05, 3.63) is 35.6 Å².